The number of benzene rings is 1. The lowest BCUT2D eigenvalue weighted by Gasteiger charge is -2.07. The molecule has 0 aromatic heterocycles. The summed E-state index contributed by atoms with van der Waals surface area (Å²) >= 11 is 5.12. The Labute approximate surface area is 90.7 Å². The van der Waals surface area contributed by atoms with Crippen molar-refractivity contribution < 1.29 is 9.47 Å². The van der Waals surface area contributed by atoms with Crippen LogP contribution in [0.5, 0.6) is 5.75 Å². The van der Waals surface area contributed by atoms with Gasteiger partial charge in [0.2, 0.25) is 0 Å². The summed E-state index contributed by atoms with van der Waals surface area (Å²) in [6.45, 7) is 0.275. The normalized spacial score (nSPS) is 10.1. The summed E-state index contributed by atoms with van der Waals surface area (Å²) in [4.78, 5) is 1.21. The molecular weight excluding hydrogens is 252 g/mol. The number of halogens is 1. The van der Waals surface area contributed by atoms with E-state index in [4.69, 9.17) is 9.47 Å². The first-order valence-electron chi connectivity index (χ1n) is 3.73. The smallest absolute Gasteiger partial charge is 0.188 e. The summed E-state index contributed by atoms with van der Waals surface area (Å²) in [6, 6.07) is 5.96. The monoisotopic (exact) mass is 262 g/mol. The van der Waals surface area contributed by atoms with E-state index >= 15 is 0 Å². The number of methoxy groups -OCH3 is 1. The van der Waals surface area contributed by atoms with Crippen LogP contribution in [0.25, 0.3) is 0 Å². The molecule has 0 atom stereocenters. The third kappa shape index (κ3) is 3.21. The van der Waals surface area contributed by atoms with Gasteiger partial charge in [-0.3, -0.25) is 0 Å². The Bertz CT molecular complexity index is 278. The topological polar surface area (TPSA) is 18.5 Å². The molecule has 4 heteroatoms. The minimum atomic E-state index is 0.275. The van der Waals surface area contributed by atoms with Gasteiger partial charge >= 0.3 is 0 Å². The zero-order valence-electron chi connectivity index (χ0n) is 7.54. The lowest BCUT2D eigenvalue weighted by Crippen LogP contribution is -1.99. The summed E-state index contributed by atoms with van der Waals surface area (Å²) < 4.78 is 11.1. The molecule has 1 aromatic carbocycles. The predicted octanol–water partition coefficient (Wildman–Crippen LogP) is 3.15. The third-order valence-electron chi connectivity index (χ3n) is 1.47. The molecule has 0 aliphatic heterocycles. The predicted molar refractivity (Wildman–Crippen MR) is 58.4 cm³/mol. The molecule has 0 heterocycles. The van der Waals surface area contributed by atoms with Crippen LogP contribution in [-0.4, -0.2) is 20.2 Å². The van der Waals surface area contributed by atoms with Crippen LogP contribution in [-0.2, 0) is 4.74 Å². The third-order valence-corrected chi connectivity index (χ3v) is 2.82. The average Bonchev–Trinajstić information content (AvgIpc) is 2.16. The van der Waals surface area contributed by atoms with Gasteiger partial charge in [-0.25, -0.2) is 0 Å². The van der Waals surface area contributed by atoms with Crippen molar-refractivity contribution in [1.82, 2.24) is 0 Å². The van der Waals surface area contributed by atoms with Crippen molar-refractivity contribution >= 4 is 27.7 Å². The van der Waals surface area contributed by atoms with Crippen LogP contribution >= 0.6 is 27.7 Å². The van der Waals surface area contributed by atoms with Crippen molar-refractivity contribution in [3.63, 3.8) is 0 Å². The summed E-state index contributed by atoms with van der Waals surface area (Å²) in [5, 5.41) is 0. The molecule has 0 fully saturated rings. The molecule has 0 radical (unpaired) electrons. The Balaban J connectivity index is 2.73. The highest BCUT2D eigenvalue weighted by Gasteiger charge is 2.01. The molecule has 0 aliphatic carbocycles. The molecule has 1 rings (SSSR count). The summed E-state index contributed by atoms with van der Waals surface area (Å²) in [5.41, 5.74) is 0. The van der Waals surface area contributed by atoms with Crippen molar-refractivity contribution in [2.75, 3.05) is 20.2 Å². The first kappa shape index (κ1) is 10.9. The van der Waals surface area contributed by atoms with Crippen molar-refractivity contribution in [3.8, 4) is 5.75 Å². The van der Waals surface area contributed by atoms with Crippen molar-refractivity contribution in [3.05, 3.63) is 22.7 Å². The van der Waals surface area contributed by atoms with E-state index in [0.29, 0.717) is 0 Å². The highest BCUT2D eigenvalue weighted by Crippen LogP contribution is 2.29. The fourth-order valence-corrected chi connectivity index (χ4v) is 1.93. The van der Waals surface area contributed by atoms with E-state index in [-0.39, 0.29) is 6.79 Å². The summed E-state index contributed by atoms with van der Waals surface area (Å²) in [6.07, 6.45) is 2.04. The minimum absolute atomic E-state index is 0.275. The first-order chi connectivity index (χ1) is 6.27. The van der Waals surface area contributed by atoms with Crippen molar-refractivity contribution in [1.29, 1.82) is 0 Å². The Morgan fingerprint density at radius 2 is 2.23 bits per heavy atom. The van der Waals surface area contributed by atoms with Crippen LogP contribution in [0.4, 0.5) is 0 Å². The van der Waals surface area contributed by atoms with E-state index in [1.54, 1.807) is 18.9 Å². The Kier molecular flexibility index (Phi) is 4.62. The maximum atomic E-state index is 5.31. The Hall–Kier alpha value is -0.190. The van der Waals surface area contributed by atoms with Gasteiger partial charge in [0, 0.05) is 12.0 Å². The van der Waals surface area contributed by atoms with Gasteiger partial charge in [0.05, 0.1) is 4.47 Å². The lowest BCUT2D eigenvalue weighted by atomic mass is 10.3. The number of thioether (sulfide) groups is 1. The van der Waals surface area contributed by atoms with E-state index in [1.807, 2.05) is 24.5 Å². The summed E-state index contributed by atoms with van der Waals surface area (Å²) in [5.74, 6) is 0.805. The highest BCUT2D eigenvalue weighted by molar-refractivity contribution is 9.10. The first-order valence-corrected chi connectivity index (χ1v) is 5.75. The van der Waals surface area contributed by atoms with Crippen LogP contribution < -0.4 is 4.74 Å². The SMILES string of the molecule is COCOc1ccc(SC)cc1Br. The van der Waals surface area contributed by atoms with Gasteiger partial charge in [-0.1, -0.05) is 0 Å². The lowest BCUT2D eigenvalue weighted by molar-refractivity contribution is 0.0505. The molecule has 0 saturated carbocycles. The van der Waals surface area contributed by atoms with Crippen LogP contribution in [0.2, 0.25) is 0 Å². The molecule has 0 unspecified atom stereocenters. The fraction of sp³-hybridized carbons (Fsp3) is 0.333. The van der Waals surface area contributed by atoms with E-state index in [9.17, 15) is 0 Å². The van der Waals surface area contributed by atoms with E-state index in [1.165, 1.54) is 4.90 Å². The molecule has 1 aromatic rings. The summed E-state index contributed by atoms with van der Waals surface area (Å²) in [7, 11) is 1.60. The largest absolute Gasteiger partial charge is 0.466 e. The second-order valence-corrected chi connectivity index (χ2v) is 4.08. The molecule has 2 nitrogen and oxygen atoms in total. The van der Waals surface area contributed by atoms with Crippen molar-refractivity contribution in [2.24, 2.45) is 0 Å². The molecule has 0 spiro atoms. The van der Waals surface area contributed by atoms with Gasteiger partial charge in [-0.15, -0.1) is 11.8 Å². The maximum Gasteiger partial charge on any atom is 0.188 e. The zero-order chi connectivity index (χ0) is 9.68. The molecule has 13 heavy (non-hydrogen) atoms. The Morgan fingerprint density at radius 3 is 2.77 bits per heavy atom. The molecule has 72 valence electrons. The van der Waals surface area contributed by atoms with Gasteiger partial charge in [0.25, 0.3) is 0 Å². The van der Waals surface area contributed by atoms with Crippen LogP contribution in [0, 0.1) is 0 Å². The van der Waals surface area contributed by atoms with Gasteiger partial charge in [-0.05, 0) is 40.4 Å². The van der Waals surface area contributed by atoms with Crippen LogP contribution in [0.1, 0.15) is 0 Å². The van der Waals surface area contributed by atoms with Crippen LogP contribution in [0.3, 0.4) is 0 Å². The molecule has 0 saturated heterocycles. The van der Waals surface area contributed by atoms with E-state index < -0.39 is 0 Å². The zero-order valence-corrected chi connectivity index (χ0v) is 9.94. The highest BCUT2D eigenvalue weighted by atomic mass is 79.9. The molecular formula is C9H11BrO2S. The van der Waals surface area contributed by atoms with Gasteiger partial charge in [0.15, 0.2) is 6.79 Å². The van der Waals surface area contributed by atoms with Gasteiger partial charge in [-0.2, -0.15) is 0 Å². The number of ether oxygens (including phenoxy) is 2. The molecule has 0 amide bonds. The standard InChI is InChI=1S/C9H11BrO2S/c1-11-6-12-9-4-3-7(13-2)5-8(9)10/h3-5H,6H2,1-2H3. The second-order valence-electron chi connectivity index (χ2n) is 2.35. The maximum absolute atomic E-state index is 5.31. The number of rotatable bonds is 4. The van der Waals surface area contributed by atoms with E-state index in [2.05, 4.69) is 15.9 Å². The second kappa shape index (κ2) is 5.52. The van der Waals surface area contributed by atoms with Gasteiger partial charge < -0.3 is 9.47 Å². The van der Waals surface area contributed by atoms with Crippen LogP contribution in [0.15, 0.2) is 27.6 Å². The Morgan fingerprint density at radius 1 is 1.46 bits per heavy atom. The fourth-order valence-electron chi connectivity index (χ4n) is 0.848. The molecule has 0 N–H and O–H groups in total. The number of hydrogen-bond acceptors (Lipinski definition) is 3. The minimum Gasteiger partial charge on any atom is -0.466 e. The molecule has 0 bridgehead atoms. The molecule has 0 aliphatic rings. The van der Waals surface area contributed by atoms with E-state index in [0.717, 1.165) is 10.2 Å². The van der Waals surface area contributed by atoms with Gasteiger partial charge in [0.1, 0.15) is 5.75 Å². The number of hydrogen-bond donors (Lipinski definition) is 0. The quantitative estimate of drug-likeness (QED) is 0.614. The van der Waals surface area contributed by atoms with Crippen molar-refractivity contribution in [2.45, 2.75) is 4.90 Å². The average molecular weight is 263 g/mol.